The van der Waals surface area contributed by atoms with Gasteiger partial charge < -0.3 is 14.0 Å². The topological polar surface area (TPSA) is 57.5 Å². The highest BCUT2D eigenvalue weighted by Crippen LogP contribution is 2.55. The maximum atomic E-state index is 12.4. The Labute approximate surface area is 160 Å². The third-order valence-corrected chi connectivity index (χ3v) is 7.54. The van der Waals surface area contributed by atoms with Crippen molar-refractivity contribution in [1.29, 1.82) is 0 Å². The van der Waals surface area contributed by atoms with Crippen LogP contribution in [0.1, 0.15) is 87.8 Å². The van der Waals surface area contributed by atoms with E-state index in [4.69, 9.17) is 9.47 Å². The van der Waals surface area contributed by atoms with Crippen molar-refractivity contribution in [3.63, 3.8) is 0 Å². The summed E-state index contributed by atoms with van der Waals surface area (Å²) in [6.07, 6.45) is 5.14. The zero-order valence-corrected chi connectivity index (χ0v) is 16.4. The molecule has 5 nitrogen and oxygen atoms in total. The van der Waals surface area contributed by atoms with E-state index in [9.17, 15) is 9.59 Å². The molecular weight excluding hydrogens is 342 g/mol. The second-order valence-electron chi connectivity index (χ2n) is 9.01. The van der Waals surface area contributed by atoms with Gasteiger partial charge in [0.1, 0.15) is 12.2 Å². The predicted molar refractivity (Wildman–Crippen MR) is 99.2 cm³/mol. The number of carbonyl (C=O) groups excluding carboxylic acids is 2. The van der Waals surface area contributed by atoms with E-state index in [2.05, 4.69) is 17.6 Å². The molecule has 0 N–H and O–H groups in total. The van der Waals surface area contributed by atoms with E-state index in [1.54, 1.807) is 0 Å². The quantitative estimate of drug-likeness (QED) is 0.736. The Hall–Kier alpha value is -1.78. The molecule has 1 aromatic rings. The molecule has 1 unspecified atom stereocenters. The van der Waals surface area contributed by atoms with E-state index in [0.29, 0.717) is 11.8 Å². The van der Waals surface area contributed by atoms with Crippen LogP contribution in [0.3, 0.4) is 0 Å². The van der Waals surface area contributed by atoms with Gasteiger partial charge in [-0.25, -0.2) is 0 Å². The van der Waals surface area contributed by atoms with Crippen LogP contribution in [-0.2, 0) is 25.6 Å². The number of hydrogen-bond acceptors (Lipinski definition) is 4. The number of nitrogens with zero attached hydrogens (tertiary/aromatic N) is 1. The van der Waals surface area contributed by atoms with Gasteiger partial charge in [-0.2, -0.15) is 0 Å². The molecule has 0 saturated carbocycles. The lowest BCUT2D eigenvalue weighted by Gasteiger charge is -2.39. The number of rotatable bonds is 2. The molecule has 0 radical (unpaired) electrons. The summed E-state index contributed by atoms with van der Waals surface area (Å²) in [5.41, 5.74) is 3.85. The van der Waals surface area contributed by atoms with E-state index < -0.39 is 0 Å². The lowest BCUT2D eigenvalue weighted by Crippen LogP contribution is -2.36. The number of fused-ring (bicyclic) bond motifs is 2. The van der Waals surface area contributed by atoms with Crippen LogP contribution < -0.4 is 0 Å². The molecule has 146 valence electrons. The summed E-state index contributed by atoms with van der Waals surface area (Å²) in [5.74, 6) is 0.690. The highest BCUT2D eigenvalue weighted by molar-refractivity contribution is 5.77. The van der Waals surface area contributed by atoms with Crippen molar-refractivity contribution in [3.05, 3.63) is 23.0 Å². The average molecular weight is 371 g/mol. The molecule has 27 heavy (non-hydrogen) atoms. The first-order valence-corrected chi connectivity index (χ1v) is 10.7. The fraction of sp³-hybridized carbons (Fsp3) is 0.727. The summed E-state index contributed by atoms with van der Waals surface area (Å²) in [6, 6.07) is 2.26. The number of ether oxygens (including phenoxy) is 2. The summed E-state index contributed by atoms with van der Waals surface area (Å²) in [6.45, 7) is 7.17. The molecule has 2 saturated heterocycles. The molecule has 1 aliphatic carbocycles. The Kier molecular flexibility index (Phi) is 3.92. The Morgan fingerprint density at radius 3 is 2.67 bits per heavy atom. The number of esters is 2. The molecule has 4 aliphatic rings. The van der Waals surface area contributed by atoms with Crippen LogP contribution in [0.25, 0.3) is 0 Å². The minimum atomic E-state index is -0.149. The molecule has 4 heterocycles. The monoisotopic (exact) mass is 371 g/mol. The lowest BCUT2D eigenvalue weighted by atomic mass is 9.66. The summed E-state index contributed by atoms with van der Waals surface area (Å²) in [7, 11) is 0. The Morgan fingerprint density at radius 1 is 1.15 bits per heavy atom. The lowest BCUT2D eigenvalue weighted by molar-refractivity contribution is -0.146. The van der Waals surface area contributed by atoms with Gasteiger partial charge in [-0.15, -0.1) is 0 Å². The molecule has 0 amide bonds. The van der Waals surface area contributed by atoms with Crippen molar-refractivity contribution in [3.8, 4) is 0 Å². The molecule has 0 bridgehead atoms. The summed E-state index contributed by atoms with van der Waals surface area (Å²) >= 11 is 0. The molecule has 5 rings (SSSR count). The van der Waals surface area contributed by atoms with Crippen LogP contribution >= 0.6 is 0 Å². The zero-order valence-electron chi connectivity index (χ0n) is 16.4. The van der Waals surface area contributed by atoms with Gasteiger partial charge in [0.2, 0.25) is 0 Å². The third-order valence-electron chi connectivity index (χ3n) is 7.54. The van der Waals surface area contributed by atoms with Gasteiger partial charge in [0, 0.05) is 36.4 Å². The molecule has 0 spiro atoms. The Balaban J connectivity index is 1.67. The van der Waals surface area contributed by atoms with Gasteiger partial charge in [0.15, 0.2) is 0 Å². The first-order valence-electron chi connectivity index (χ1n) is 10.7. The average Bonchev–Trinajstić information content (AvgIpc) is 3.20. The number of cyclic esters (lactones) is 1. The standard InChI is InChI=1S/C22H29NO4/c1-4-13-14-7-5-6-8-23-16(17-9-11(2)21(24)26-17)10-15(19(14)23)18-12(3)22(25)27-20(13)18/h10-14,17-18,20H,4-9H2,1-3H3/t11-,12+,13-,14?,17-,18+,20-/m0/s1. The molecule has 0 aromatic carbocycles. The van der Waals surface area contributed by atoms with Gasteiger partial charge in [-0.1, -0.05) is 27.2 Å². The molecular formula is C22H29NO4. The van der Waals surface area contributed by atoms with Crippen LogP contribution in [0.4, 0.5) is 0 Å². The first kappa shape index (κ1) is 17.3. The molecule has 7 atom stereocenters. The van der Waals surface area contributed by atoms with E-state index in [0.717, 1.165) is 37.9 Å². The van der Waals surface area contributed by atoms with Crippen molar-refractivity contribution in [2.24, 2.45) is 17.8 Å². The second kappa shape index (κ2) is 6.11. The van der Waals surface area contributed by atoms with Crippen molar-refractivity contribution >= 4 is 11.9 Å². The van der Waals surface area contributed by atoms with Gasteiger partial charge in [0.05, 0.1) is 17.5 Å². The van der Waals surface area contributed by atoms with Crippen LogP contribution in [0.2, 0.25) is 0 Å². The molecule has 2 fully saturated rings. The fourth-order valence-electron chi connectivity index (χ4n) is 6.19. The number of aromatic nitrogens is 1. The predicted octanol–water partition coefficient (Wildman–Crippen LogP) is 4.06. The van der Waals surface area contributed by atoms with Gasteiger partial charge in [-0.05, 0) is 30.9 Å². The highest BCUT2D eigenvalue weighted by Gasteiger charge is 2.54. The van der Waals surface area contributed by atoms with E-state index in [-0.39, 0.29) is 41.9 Å². The van der Waals surface area contributed by atoms with Crippen molar-refractivity contribution in [2.45, 2.75) is 83.5 Å². The zero-order chi connectivity index (χ0) is 18.9. The van der Waals surface area contributed by atoms with Gasteiger partial charge >= 0.3 is 11.9 Å². The van der Waals surface area contributed by atoms with Crippen molar-refractivity contribution in [2.75, 3.05) is 0 Å². The summed E-state index contributed by atoms with van der Waals surface area (Å²) in [5, 5.41) is 0. The first-order chi connectivity index (χ1) is 13.0. The third kappa shape index (κ3) is 2.36. The smallest absolute Gasteiger partial charge is 0.309 e. The fourth-order valence-corrected chi connectivity index (χ4v) is 6.19. The highest BCUT2D eigenvalue weighted by atomic mass is 16.6. The molecule has 5 heteroatoms. The maximum absolute atomic E-state index is 12.4. The SMILES string of the molecule is CC[C@H]1C2CCCCn3c([C@@H]4C[C@H](C)C(=O)O4)cc(c32)[C@@H]2[C@H]1OC(=O)[C@@H]2C. The van der Waals surface area contributed by atoms with Gasteiger partial charge in [0.25, 0.3) is 0 Å². The van der Waals surface area contributed by atoms with E-state index in [1.165, 1.54) is 17.7 Å². The van der Waals surface area contributed by atoms with Crippen LogP contribution in [0.5, 0.6) is 0 Å². The largest absolute Gasteiger partial charge is 0.461 e. The number of hydrogen-bond donors (Lipinski definition) is 0. The normalized spacial score (nSPS) is 40.2. The van der Waals surface area contributed by atoms with Crippen LogP contribution in [-0.4, -0.2) is 22.6 Å². The van der Waals surface area contributed by atoms with E-state index in [1.807, 2.05) is 13.8 Å². The van der Waals surface area contributed by atoms with Crippen LogP contribution in [0.15, 0.2) is 6.07 Å². The van der Waals surface area contributed by atoms with Crippen LogP contribution in [0, 0.1) is 17.8 Å². The minimum absolute atomic E-state index is 0.00171. The summed E-state index contributed by atoms with van der Waals surface area (Å²) < 4.78 is 14.1. The Morgan fingerprint density at radius 2 is 1.96 bits per heavy atom. The molecule has 1 aromatic heterocycles. The minimum Gasteiger partial charge on any atom is -0.461 e. The second-order valence-corrected chi connectivity index (χ2v) is 9.01. The Bertz CT molecular complexity index is 796. The number of carbonyl (C=O) groups is 2. The van der Waals surface area contributed by atoms with Gasteiger partial charge in [-0.3, -0.25) is 9.59 Å². The summed E-state index contributed by atoms with van der Waals surface area (Å²) in [4.78, 5) is 24.5. The van der Waals surface area contributed by atoms with E-state index >= 15 is 0 Å². The van der Waals surface area contributed by atoms with Crippen molar-refractivity contribution in [1.82, 2.24) is 4.57 Å². The maximum Gasteiger partial charge on any atom is 0.309 e. The van der Waals surface area contributed by atoms with Crippen molar-refractivity contribution < 1.29 is 19.1 Å². The molecule has 3 aliphatic heterocycles.